The molecule has 0 saturated carbocycles. The smallest absolute Gasteiger partial charge is 0.213 e. The molecule has 1 heterocycles. The average molecular weight is 365 g/mol. The van der Waals surface area contributed by atoms with Gasteiger partial charge in [-0.3, -0.25) is 4.79 Å². The van der Waals surface area contributed by atoms with Crippen molar-refractivity contribution in [2.45, 2.75) is 45.8 Å². The van der Waals surface area contributed by atoms with Crippen LogP contribution in [0.15, 0.2) is 24.5 Å². The molecule has 0 aliphatic heterocycles. The van der Waals surface area contributed by atoms with Gasteiger partial charge in [-0.15, -0.1) is 0 Å². The molecule has 0 saturated heterocycles. The van der Waals surface area contributed by atoms with E-state index in [1.807, 2.05) is 31.3 Å². The maximum atomic E-state index is 11.9. The Hall–Kier alpha value is -1.66. The Balaban J connectivity index is 2.72. The van der Waals surface area contributed by atoms with Crippen LogP contribution in [0.3, 0.4) is 0 Å². The van der Waals surface area contributed by atoms with Crippen molar-refractivity contribution in [3.05, 3.63) is 30.1 Å². The number of Topliss-reactive ketones (excluding diaryl/α,β-unsaturated/α-hetero) is 1. The Morgan fingerprint density at radius 1 is 1.28 bits per heavy atom. The Morgan fingerprint density at radius 2 is 1.92 bits per heavy atom. The van der Waals surface area contributed by atoms with E-state index >= 15 is 0 Å². The number of nitrogens with zero attached hydrogens (tertiary/aromatic N) is 2. The fraction of sp³-hybridized carbons (Fsp3) is 0.579. The topological polar surface area (TPSA) is 51.7 Å². The molecule has 0 fully saturated rings. The van der Waals surface area contributed by atoms with Crippen LogP contribution in [0.4, 0.5) is 0 Å². The van der Waals surface area contributed by atoms with Crippen LogP contribution >= 0.6 is 0 Å². The third kappa shape index (κ3) is 6.63. The fourth-order valence-corrected chi connectivity index (χ4v) is 2.97. The second-order valence-corrected chi connectivity index (χ2v) is 12.7. The number of carbonyl (C=O) groups excluding carboxylic acids is 1. The minimum atomic E-state index is -1.76. The average Bonchev–Trinajstić information content (AvgIpc) is 2.48. The summed E-state index contributed by atoms with van der Waals surface area (Å²) < 4.78 is 11.8. The van der Waals surface area contributed by atoms with E-state index in [1.54, 1.807) is 19.2 Å². The molecule has 1 aromatic heterocycles. The van der Waals surface area contributed by atoms with Crippen molar-refractivity contribution >= 4 is 19.7 Å². The number of rotatable bonds is 8. The Kier molecular flexibility index (Phi) is 7.38. The van der Waals surface area contributed by atoms with Gasteiger partial charge in [0.1, 0.15) is 6.61 Å². The fourth-order valence-electron chi connectivity index (χ4n) is 1.94. The number of carbonyl (C=O) groups is 1. The first-order valence-electron chi connectivity index (χ1n) is 8.56. The molecule has 0 spiro atoms. The molecule has 0 amide bonds. The third-order valence-corrected chi connectivity index (χ3v) is 8.95. The van der Waals surface area contributed by atoms with Crippen LogP contribution < -0.4 is 4.74 Å². The first kappa shape index (κ1) is 21.4. The van der Waals surface area contributed by atoms with E-state index in [0.717, 1.165) is 5.56 Å². The summed E-state index contributed by atoms with van der Waals surface area (Å²) in [7, 11) is 2.01. The number of pyridine rings is 1. The van der Waals surface area contributed by atoms with E-state index in [0.29, 0.717) is 24.7 Å². The Bertz CT molecular complexity index is 619. The summed E-state index contributed by atoms with van der Waals surface area (Å²) in [5, 5.41) is 0.179. The van der Waals surface area contributed by atoms with E-state index in [9.17, 15) is 4.79 Å². The molecule has 140 valence electrons. The quantitative estimate of drug-likeness (QED) is 0.397. The second kappa shape index (κ2) is 8.63. The lowest BCUT2D eigenvalue weighted by molar-refractivity contribution is -0.111. The van der Waals surface area contributed by atoms with Gasteiger partial charge >= 0.3 is 0 Å². The number of allylic oxidation sites excluding steroid dienone is 1. The minimum Gasteiger partial charge on any atom is -0.475 e. The molecule has 0 aromatic carbocycles. The van der Waals surface area contributed by atoms with Gasteiger partial charge in [0.05, 0.1) is 6.61 Å². The normalized spacial score (nSPS) is 12.9. The second-order valence-electron chi connectivity index (χ2n) is 7.90. The zero-order valence-electron chi connectivity index (χ0n) is 16.8. The van der Waals surface area contributed by atoms with Gasteiger partial charge in [-0.25, -0.2) is 4.98 Å². The lowest BCUT2D eigenvalue weighted by Crippen LogP contribution is -2.41. The van der Waals surface area contributed by atoms with Gasteiger partial charge in [0, 0.05) is 38.1 Å². The van der Waals surface area contributed by atoms with Crippen molar-refractivity contribution in [1.29, 1.82) is 0 Å². The highest BCUT2D eigenvalue weighted by molar-refractivity contribution is 6.74. The van der Waals surface area contributed by atoms with Crippen LogP contribution in [-0.2, 0) is 9.22 Å². The largest absolute Gasteiger partial charge is 0.475 e. The van der Waals surface area contributed by atoms with Crippen molar-refractivity contribution in [3.63, 3.8) is 0 Å². The van der Waals surface area contributed by atoms with Gasteiger partial charge in [-0.1, -0.05) is 20.8 Å². The molecule has 0 radical (unpaired) electrons. The summed E-state index contributed by atoms with van der Waals surface area (Å²) in [5.41, 5.74) is 1.44. The maximum absolute atomic E-state index is 11.9. The molecular formula is C19H32N2O3Si. The molecule has 0 N–H and O–H groups in total. The summed E-state index contributed by atoms with van der Waals surface area (Å²) in [6.45, 7) is 13.6. The van der Waals surface area contributed by atoms with Gasteiger partial charge in [0.15, 0.2) is 14.1 Å². The van der Waals surface area contributed by atoms with Gasteiger partial charge in [0.2, 0.25) is 5.88 Å². The van der Waals surface area contributed by atoms with Crippen LogP contribution in [0.25, 0.3) is 5.57 Å². The molecule has 1 rings (SSSR count). The van der Waals surface area contributed by atoms with E-state index in [-0.39, 0.29) is 10.8 Å². The third-order valence-electron chi connectivity index (χ3n) is 4.41. The van der Waals surface area contributed by atoms with E-state index in [4.69, 9.17) is 9.16 Å². The molecule has 0 aliphatic rings. The van der Waals surface area contributed by atoms with Gasteiger partial charge < -0.3 is 14.1 Å². The molecule has 6 heteroatoms. The van der Waals surface area contributed by atoms with E-state index in [2.05, 4.69) is 38.8 Å². The lowest BCUT2D eigenvalue weighted by atomic mass is 10.1. The van der Waals surface area contributed by atoms with Crippen LogP contribution in [-0.4, -0.2) is 51.3 Å². The highest BCUT2D eigenvalue weighted by Crippen LogP contribution is 2.36. The molecule has 0 unspecified atom stereocenters. The van der Waals surface area contributed by atoms with Crippen LogP contribution in [0.5, 0.6) is 5.88 Å². The summed E-state index contributed by atoms with van der Waals surface area (Å²) in [6, 6.07) is 3.61. The number of aromatic nitrogens is 1. The molecule has 0 aliphatic carbocycles. The van der Waals surface area contributed by atoms with E-state index in [1.165, 1.54) is 0 Å². The minimum absolute atomic E-state index is 0.00658. The highest BCUT2D eigenvalue weighted by Gasteiger charge is 2.36. The zero-order valence-corrected chi connectivity index (χ0v) is 17.8. The van der Waals surface area contributed by atoms with Crippen LogP contribution in [0, 0.1) is 0 Å². The molecule has 0 bridgehead atoms. The zero-order chi connectivity index (χ0) is 19.3. The monoisotopic (exact) mass is 364 g/mol. The number of ether oxygens (including phenoxy) is 1. The summed E-state index contributed by atoms with van der Waals surface area (Å²) in [5.74, 6) is 0.509. The highest BCUT2D eigenvalue weighted by atomic mass is 28.4. The predicted octanol–water partition coefficient (Wildman–Crippen LogP) is 3.97. The summed E-state index contributed by atoms with van der Waals surface area (Å²) >= 11 is 0. The van der Waals surface area contributed by atoms with Gasteiger partial charge in [0.25, 0.3) is 0 Å². The van der Waals surface area contributed by atoms with Crippen molar-refractivity contribution in [2.75, 3.05) is 27.3 Å². The molecule has 25 heavy (non-hydrogen) atoms. The number of hydrogen-bond donors (Lipinski definition) is 0. The first-order valence-corrected chi connectivity index (χ1v) is 11.5. The van der Waals surface area contributed by atoms with Crippen molar-refractivity contribution in [3.8, 4) is 5.88 Å². The Morgan fingerprint density at radius 3 is 2.44 bits per heavy atom. The van der Waals surface area contributed by atoms with Crippen molar-refractivity contribution in [1.82, 2.24) is 9.88 Å². The SMILES string of the molecule is CC(=O)/C(=C\N(C)C)c1ccnc(OCCO[Si](C)(C)C(C)(C)C)c1. The number of hydrogen-bond acceptors (Lipinski definition) is 5. The van der Waals surface area contributed by atoms with Crippen LogP contribution in [0.2, 0.25) is 18.1 Å². The Labute approximate surface area is 153 Å². The maximum Gasteiger partial charge on any atom is 0.213 e. The van der Waals surface area contributed by atoms with Gasteiger partial charge in [-0.05, 0) is 36.7 Å². The predicted molar refractivity (Wildman–Crippen MR) is 105 cm³/mol. The molecular weight excluding hydrogens is 332 g/mol. The van der Waals surface area contributed by atoms with Crippen LogP contribution in [0.1, 0.15) is 33.3 Å². The first-order chi connectivity index (χ1) is 11.4. The molecule has 5 nitrogen and oxygen atoms in total. The van der Waals surface area contributed by atoms with Crippen molar-refractivity contribution in [2.24, 2.45) is 0 Å². The van der Waals surface area contributed by atoms with E-state index < -0.39 is 8.32 Å². The lowest BCUT2D eigenvalue weighted by Gasteiger charge is -2.36. The standard InChI is InChI=1S/C19H32N2O3Si/c1-15(22)17(14-21(5)6)16-9-10-20-18(13-16)23-11-12-24-25(7,8)19(2,3)4/h9-10,13-14H,11-12H2,1-8H3/b17-14+. The summed E-state index contributed by atoms with van der Waals surface area (Å²) in [4.78, 5) is 18.0. The summed E-state index contributed by atoms with van der Waals surface area (Å²) in [6.07, 6.45) is 3.47. The number of ketones is 1. The van der Waals surface area contributed by atoms with Gasteiger partial charge in [-0.2, -0.15) is 0 Å². The van der Waals surface area contributed by atoms with Crippen molar-refractivity contribution < 1.29 is 14.0 Å². The molecule has 0 atom stereocenters. The molecule has 1 aromatic rings.